The third kappa shape index (κ3) is 5.78. The van der Waals surface area contributed by atoms with Gasteiger partial charge in [-0.2, -0.15) is 5.10 Å². The Morgan fingerprint density at radius 2 is 2.13 bits per heavy atom. The van der Waals surface area contributed by atoms with Crippen LogP contribution in [0.2, 0.25) is 5.02 Å². The molecule has 38 heavy (non-hydrogen) atoms. The highest BCUT2D eigenvalue weighted by molar-refractivity contribution is 7.71. The number of nitrogens with two attached hydrogens (primary N) is 1. The maximum atomic E-state index is 13.4. The van der Waals surface area contributed by atoms with Crippen LogP contribution in [0.15, 0.2) is 55.0 Å². The van der Waals surface area contributed by atoms with Crippen LogP contribution in [0.3, 0.4) is 0 Å². The highest BCUT2D eigenvalue weighted by Gasteiger charge is 2.21. The number of allylic oxidation sites excluding steroid dienone is 1. The molecule has 1 aliphatic carbocycles. The van der Waals surface area contributed by atoms with Crippen LogP contribution in [-0.4, -0.2) is 37.5 Å². The second-order valence-corrected chi connectivity index (χ2v) is 9.73. The first-order chi connectivity index (χ1) is 18.4. The number of hydrogen-bond donors (Lipinski definition) is 4. The predicted octanol–water partition coefficient (Wildman–Crippen LogP) is 5.26. The van der Waals surface area contributed by atoms with Gasteiger partial charge in [-0.1, -0.05) is 36.0 Å². The average Bonchev–Trinajstić information content (AvgIpc) is 3.30. The zero-order chi connectivity index (χ0) is 26.6. The molecule has 0 saturated carbocycles. The fraction of sp³-hybridized carbons (Fsp3) is 0.222. The van der Waals surface area contributed by atoms with Crippen molar-refractivity contribution < 1.29 is 14.2 Å². The van der Waals surface area contributed by atoms with Gasteiger partial charge in [-0.05, 0) is 60.4 Å². The summed E-state index contributed by atoms with van der Waals surface area (Å²) in [6, 6.07) is 11.6. The van der Waals surface area contributed by atoms with Crippen LogP contribution in [0.5, 0.6) is 5.75 Å². The van der Waals surface area contributed by atoms with Crippen LogP contribution in [0.1, 0.15) is 28.8 Å². The van der Waals surface area contributed by atoms with Gasteiger partial charge in [0.25, 0.3) is 0 Å². The third-order valence-corrected chi connectivity index (χ3v) is 6.86. The smallest absolute Gasteiger partial charge is 0.139 e. The van der Waals surface area contributed by atoms with Crippen molar-refractivity contribution in [2.75, 3.05) is 11.9 Å². The number of fused-ring (bicyclic) bond motifs is 1. The standard InChI is InChI=1S/C27H26ClFN6O2S/c28-22-10-20(5-7-24(22)37-14-16-2-1-3-19(29)8-16)34-26-25(27(38)32-15-31-26)17-4-6-23-18(9-17)12-33-35(23)13-21(36)11-30/h1-3,5,7-10,12,15,21,36H,4,6,11,13-14,30H2,(H2,31,32,34,38). The molecule has 0 aliphatic heterocycles. The average molecular weight is 553 g/mol. The summed E-state index contributed by atoms with van der Waals surface area (Å²) in [5.41, 5.74) is 10.8. The number of aromatic nitrogens is 4. The SMILES string of the molecule is NCC(O)Cn1ncc2c1CCC(c1c(Nc3ccc(OCc4cccc(F)c4)c(Cl)c3)[nH]cnc1=S)=C2. The van der Waals surface area contributed by atoms with Crippen molar-refractivity contribution in [3.63, 3.8) is 0 Å². The molecule has 1 unspecified atom stereocenters. The molecule has 0 fully saturated rings. The van der Waals surface area contributed by atoms with Gasteiger partial charge < -0.3 is 25.9 Å². The van der Waals surface area contributed by atoms with Crippen LogP contribution < -0.4 is 15.8 Å². The zero-order valence-electron chi connectivity index (χ0n) is 20.3. The minimum Gasteiger partial charge on any atom is -0.487 e. The van der Waals surface area contributed by atoms with Gasteiger partial charge in [-0.3, -0.25) is 4.68 Å². The Hall–Kier alpha value is -3.57. The number of aliphatic hydroxyl groups is 1. The molecule has 11 heteroatoms. The number of rotatable bonds is 9. The second kappa shape index (κ2) is 11.4. The van der Waals surface area contributed by atoms with Crippen molar-refractivity contribution in [2.45, 2.75) is 32.1 Å². The molecule has 2 aromatic heterocycles. The Morgan fingerprint density at radius 1 is 1.26 bits per heavy atom. The van der Waals surface area contributed by atoms with Crippen molar-refractivity contribution in [2.24, 2.45) is 5.73 Å². The Kier molecular flexibility index (Phi) is 7.85. The van der Waals surface area contributed by atoms with E-state index in [1.807, 2.05) is 10.7 Å². The fourth-order valence-corrected chi connectivity index (χ4v) is 4.91. The van der Waals surface area contributed by atoms with Gasteiger partial charge in [0, 0.05) is 23.5 Å². The molecule has 0 amide bonds. The Labute approximate surface area is 228 Å². The van der Waals surface area contributed by atoms with Crippen molar-refractivity contribution in [1.82, 2.24) is 19.7 Å². The zero-order valence-corrected chi connectivity index (χ0v) is 21.9. The van der Waals surface area contributed by atoms with E-state index in [-0.39, 0.29) is 19.0 Å². The number of aliphatic hydroxyl groups excluding tert-OH is 1. The first-order valence-electron chi connectivity index (χ1n) is 12.1. The first kappa shape index (κ1) is 26.1. The fourth-order valence-electron chi connectivity index (χ4n) is 4.38. The van der Waals surface area contributed by atoms with Gasteiger partial charge in [-0.25, -0.2) is 9.37 Å². The number of anilines is 2. The molecule has 2 aromatic carbocycles. The van der Waals surface area contributed by atoms with Crippen LogP contribution in [0.25, 0.3) is 11.6 Å². The van der Waals surface area contributed by atoms with Crippen LogP contribution in [0, 0.1) is 10.5 Å². The quantitative estimate of drug-likeness (QED) is 0.209. The largest absolute Gasteiger partial charge is 0.487 e. The van der Waals surface area contributed by atoms with Crippen LogP contribution >= 0.6 is 23.8 Å². The molecule has 1 aliphatic rings. The summed E-state index contributed by atoms with van der Waals surface area (Å²) in [7, 11) is 0. The summed E-state index contributed by atoms with van der Waals surface area (Å²) in [6.07, 6.45) is 6.22. The van der Waals surface area contributed by atoms with E-state index in [0.717, 1.165) is 40.9 Å². The molecule has 0 spiro atoms. The highest BCUT2D eigenvalue weighted by Crippen LogP contribution is 2.36. The van der Waals surface area contributed by atoms with Crippen LogP contribution in [-0.2, 0) is 19.6 Å². The van der Waals surface area contributed by atoms with Gasteiger partial charge in [-0.15, -0.1) is 0 Å². The molecule has 2 heterocycles. The van der Waals surface area contributed by atoms with Crippen molar-refractivity contribution >= 4 is 47.0 Å². The minimum atomic E-state index is -0.641. The van der Waals surface area contributed by atoms with E-state index < -0.39 is 6.10 Å². The van der Waals surface area contributed by atoms with Crippen molar-refractivity contribution in [3.8, 4) is 5.75 Å². The first-order valence-corrected chi connectivity index (χ1v) is 12.8. The lowest BCUT2D eigenvalue weighted by Gasteiger charge is -2.19. The highest BCUT2D eigenvalue weighted by atomic mass is 35.5. The third-order valence-electron chi connectivity index (χ3n) is 6.26. The second-order valence-electron chi connectivity index (χ2n) is 8.93. The predicted molar refractivity (Wildman–Crippen MR) is 148 cm³/mol. The maximum absolute atomic E-state index is 13.4. The summed E-state index contributed by atoms with van der Waals surface area (Å²) < 4.78 is 21.5. The van der Waals surface area contributed by atoms with Crippen molar-refractivity contribution in [1.29, 1.82) is 0 Å². The van der Waals surface area contributed by atoms with E-state index in [9.17, 15) is 9.50 Å². The normalized spacial score (nSPS) is 13.5. The Balaban J connectivity index is 1.36. The molecule has 4 aromatic rings. The molecule has 5 N–H and O–H groups in total. The van der Waals surface area contributed by atoms with Gasteiger partial charge in [0.2, 0.25) is 0 Å². The van der Waals surface area contributed by atoms with Gasteiger partial charge >= 0.3 is 0 Å². The summed E-state index contributed by atoms with van der Waals surface area (Å²) in [4.78, 5) is 7.46. The molecule has 0 saturated heterocycles. The molecule has 5 rings (SSSR count). The number of H-pyrrole nitrogens is 1. The summed E-state index contributed by atoms with van der Waals surface area (Å²) in [5, 5.41) is 18.1. The molecule has 196 valence electrons. The van der Waals surface area contributed by atoms with E-state index in [4.69, 9.17) is 34.3 Å². The summed E-state index contributed by atoms with van der Waals surface area (Å²) in [6.45, 7) is 0.737. The van der Waals surface area contributed by atoms with E-state index in [2.05, 4.69) is 26.5 Å². The van der Waals surface area contributed by atoms with E-state index >= 15 is 0 Å². The molecular weight excluding hydrogens is 527 g/mol. The Bertz CT molecular complexity index is 1550. The lowest BCUT2D eigenvalue weighted by Crippen LogP contribution is -2.26. The monoisotopic (exact) mass is 552 g/mol. The van der Waals surface area contributed by atoms with Crippen LogP contribution in [0.4, 0.5) is 15.9 Å². The van der Waals surface area contributed by atoms with Gasteiger partial charge in [0.05, 0.1) is 35.8 Å². The molecular formula is C27H26ClFN6O2S. The number of ether oxygens (including phenoxy) is 1. The van der Waals surface area contributed by atoms with E-state index in [0.29, 0.717) is 33.3 Å². The minimum absolute atomic E-state index is 0.180. The Morgan fingerprint density at radius 3 is 2.92 bits per heavy atom. The maximum Gasteiger partial charge on any atom is 0.139 e. The number of hydrogen-bond acceptors (Lipinski definition) is 7. The number of benzene rings is 2. The number of nitrogens with one attached hydrogen (secondary N) is 2. The number of halogens is 2. The lowest BCUT2D eigenvalue weighted by molar-refractivity contribution is 0.156. The van der Waals surface area contributed by atoms with E-state index in [1.165, 1.54) is 12.1 Å². The summed E-state index contributed by atoms with van der Waals surface area (Å²) in [5.74, 6) is 0.865. The molecule has 8 nitrogen and oxygen atoms in total. The molecule has 1 atom stereocenters. The van der Waals surface area contributed by atoms with Gasteiger partial charge in [0.15, 0.2) is 0 Å². The molecule has 0 radical (unpaired) electrons. The topological polar surface area (TPSA) is 114 Å². The molecule has 0 bridgehead atoms. The lowest BCUT2D eigenvalue weighted by atomic mass is 9.93. The van der Waals surface area contributed by atoms with E-state index in [1.54, 1.807) is 36.8 Å². The van der Waals surface area contributed by atoms with Crippen molar-refractivity contribution in [3.05, 3.63) is 92.9 Å². The number of aromatic amines is 1. The number of nitrogens with zero attached hydrogens (tertiary/aromatic N) is 3. The summed E-state index contributed by atoms with van der Waals surface area (Å²) >= 11 is 12.1. The van der Waals surface area contributed by atoms with Gasteiger partial charge in [0.1, 0.15) is 28.6 Å².